The van der Waals surface area contributed by atoms with Gasteiger partial charge in [0.2, 0.25) is 11.5 Å². The number of amides is 2. The minimum absolute atomic E-state index is 0.0770. The molecule has 2 aromatic heterocycles. The SMILES string of the molecule is CC(C)[C@H](NC(=O)OC(C)(C)C)C(=O)Nc1ncnn2c([C@]3(C#N)O[C@H](COC(=O)Cc4ccccc4)[C@H]4OC(C)(C)O[C@H]43)ccc12. The number of hydrogen-bond acceptors (Lipinski definition) is 11. The van der Waals surface area contributed by atoms with Crippen molar-refractivity contribution in [3.63, 3.8) is 0 Å². The predicted octanol–water partition coefficient (Wildman–Crippen LogP) is 3.64. The van der Waals surface area contributed by atoms with Gasteiger partial charge in [-0.15, -0.1) is 0 Å². The summed E-state index contributed by atoms with van der Waals surface area (Å²) in [6, 6.07) is 13.8. The zero-order valence-electron chi connectivity index (χ0n) is 27.5. The summed E-state index contributed by atoms with van der Waals surface area (Å²) >= 11 is 0. The van der Waals surface area contributed by atoms with Crippen LogP contribution in [0, 0.1) is 17.2 Å². The minimum atomic E-state index is -1.73. The summed E-state index contributed by atoms with van der Waals surface area (Å²) in [6.45, 7) is 12.1. The quantitative estimate of drug-likeness (QED) is 0.324. The molecule has 2 N–H and O–H groups in total. The van der Waals surface area contributed by atoms with Gasteiger partial charge in [-0.3, -0.25) is 9.59 Å². The molecular formula is C33H40N6O8. The molecule has 0 bridgehead atoms. The Morgan fingerprint density at radius 3 is 2.47 bits per heavy atom. The lowest BCUT2D eigenvalue weighted by molar-refractivity contribution is -0.206. The van der Waals surface area contributed by atoms with E-state index in [1.807, 2.05) is 30.3 Å². The molecule has 0 aliphatic carbocycles. The number of esters is 1. The van der Waals surface area contributed by atoms with Gasteiger partial charge in [-0.2, -0.15) is 10.4 Å². The molecule has 1 aromatic carbocycles. The van der Waals surface area contributed by atoms with Crippen LogP contribution in [0.25, 0.3) is 5.52 Å². The second-order valence-electron chi connectivity index (χ2n) is 13.4. The second-order valence-corrected chi connectivity index (χ2v) is 13.4. The Hall–Kier alpha value is -4.58. The van der Waals surface area contributed by atoms with Gasteiger partial charge < -0.3 is 34.3 Å². The third-order valence-corrected chi connectivity index (χ3v) is 7.69. The first-order valence-corrected chi connectivity index (χ1v) is 15.4. The number of carbonyl (C=O) groups excluding carboxylic acids is 3. The number of aromatic nitrogens is 3. The van der Waals surface area contributed by atoms with Crippen LogP contribution in [0.5, 0.6) is 0 Å². The highest BCUT2D eigenvalue weighted by atomic mass is 16.8. The Morgan fingerprint density at radius 1 is 1.09 bits per heavy atom. The topological polar surface area (TPSA) is 175 Å². The van der Waals surface area contributed by atoms with Crippen LogP contribution in [0.15, 0.2) is 48.8 Å². The van der Waals surface area contributed by atoms with Crippen molar-refractivity contribution < 1.29 is 38.1 Å². The third-order valence-electron chi connectivity index (χ3n) is 7.69. The number of anilines is 1. The van der Waals surface area contributed by atoms with Crippen molar-refractivity contribution in [3.05, 3.63) is 60.0 Å². The van der Waals surface area contributed by atoms with Crippen LogP contribution in [0.1, 0.15) is 59.7 Å². The average molecular weight is 649 g/mol. The van der Waals surface area contributed by atoms with E-state index < -0.39 is 59.3 Å². The fraction of sp³-hybridized carbons (Fsp3) is 0.515. The van der Waals surface area contributed by atoms with Crippen LogP contribution >= 0.6 is 0 Å². The van der Waals surface area contributed by atoms with Crippen molar-refractivity contribution >= 4 is 29.3 Å². The van der Waals surface area contributed by atoms with Crippen LogP contribution in [-0.4, -0.2) is 74.9 Å². The molecule has 14 nitrogen and oxygen atoms in total. The molecule has 2 saturated heterocycles. The van der Waals surface area contributed by atoms with Crippen LogP contribution in [0.4, 0.5) is 10.6 Å². The zero-order chi connectivity index (χ0) is 34.1. The van der Waals surface area contributed by atoms with E-state index in [9.17, 15) is 19.6 Å². The maximum Gasteiger partial charge on any atom is 0.408 e. The molecule has 2 fully saturated rings. The van der Waals surface area contributed by atoms with Crippen molar-refractivity contribution in [1.82, 2.24) is 19.9 Å². The summed E-state index contributed by atoms with van der Waals surface area (Å²) in [5.41, 5.74) is -1.00. The largest absolute Gasteiger partial charge is 0.463 e. The van der Waals surface area contributed by atoms with Crippen LogP contribution in [-0.2, 0) is 45.3 Å². The molecule has 3 aromatic rings. The van der Waals surface area contributed by atoms with Crippen molar-refractivity contribution in [2.75, 3.05) is 11.9 Å². The molecule has 5 rings (SSSR count). The monoisotopic (exact) mass is 648 g/mol. The lowest BCUT2D eigenvalue weighted by Gasteiger charge is -2.29. The molecular weight excluding hydrogens is 608 g/mol. The van der Waals surface area contributed by atoms with E-state index in [0.29, 0.717) is 11.2 Å². The van der Waals surface area contributed by atoms with Gasteiger partial charge in [0.05, 0.1) is 12.1 Å². The predicted molar refractivity (Wildman–Crippen MR) is 167 cm³/mol. The van der Waals surface area contributed by atoms with E-state index in [-0.39, 0.29) is 24.8 Å². The number of fused-ring (bicyclic) bond motifs is 2. The molecule has 250 valence electrons. The standard InChI is InChI=1S/C33H40N6O8/c1-19(2)25(37-30(42)47-31(3,4)5)29(41)38-28-21-13-14-23(39(21)36-18-35-28)33(17-34)27-26(45-32(6,7)46-27)22(44-33)16-43-24(40)15-20-11-9-8-10-12-20/h8-14,18-19,22,25-27H,15-16H2,1-7H3,(H,37,42)(H,35,36,38,41)/t22-,25+,26-,27-,33+/m1/s1. The van der Waals surface area contributed by atoms with Crippen molar-refractivity contribution in [2.45, 2.75) is 96.2 Å². The maximum absolute atomic E-state index is 13.4. The van der Waals surface area contributed by atoms with E-state index in [1.165, 1.54) is 10.8 Å². The van der Waals surface area contributed by atoms with E-state index in [2.05, 4.69) is 26.8 Å². The highest BCUT2D eigenvalue weighted by Crippen LogP contribution is 2.49. The van der Waals surface area contributed by atoms with Gasteiger partial charge in [0.1, 0.15) is 54.5 Å². The molecule has 0 spiro atoms. The lowest BCUT2D eigenvalue weighted by Crippen LogP contribution is -2.48. The fourth-order valence-corrected chi connectivity index (χ4v) is 5.69. The first kappa shape index (κ1) is 33.8. The van der Waals surface area contributed by atoms with Crippen LogP contribution < -0.4 is 10.6 Å². The van der Waals surface area contributed by atoms with Gasteiger partial charge in [-0.1, -0.05) is 44.2 Å². The number of alkyl carbamates (subject to hydrolysis) is 1. The number of nitriles is 1. The second kappa shape index (κ2) is 12.9. The van der Waals surface area contributed by atoms with E-state index in [4.69, 9.17) is 23.7 Å². The highest BCUT2D eigenvalue weighted by molar-refractivity contribution is 5.98. The molecule has 2 aliphatic rings. The number of carbonyl (C=O) groups is 3. The van der Waals surface area contributed by atoms with E-state index >= 15 is 0 Å². The Bertz CT molecular complexity index is 1680. The van der Waals surface area contributed by atoms with Gasteiger partial charge >= 0.3 is 12.1 Å². The zero-order valence-corrected chi connectivity index (χ0v) is 27.5. The first-order valence-electron chi connectivity index (χ1n) is 15.4. The van der Waals surface area contributed by atoms with E-state index in [0.717, 1.165) is 5.56 Å². The number of benzene rings is 1. The van der Waals surface area contributed by atoms with Gasteiger partial charge in [-0.05, 0) is 58.2 Å². The highest BCUT2D eigenvalue weighted by Gasteiger charge is 2.65. The smallest absolute Gasteiger partial charge is 0.408 e. The summed E-state index contributed by atoms with van der Waals surface area (Å²) < 4.78 is 31.1. The normalized spacial score (nSPS) is 23.9. The number of ether oxygens (including phenoxy) is 5. The maximum atomic E-state index is 13.4. The molecule has 0 unspecified atom stereocenters. The van der Waals surface area contributed by atoms with Gasteiger partial charge in [0, 0.05) is 0 Å². The van der Waals surface area contributed by atoms with Gasteiger partial charge in [0.15, 0.2) is 11.6 Å². The first-order chi connectivity index (χ1) is 22.1. The van der Waals surface area contributed by atoms with Crippen molar-refractivity contribution in [2.24, 2.45) is 5.92 Å². The Labute approximate surface area is 272 Å². The van der Waals surface area contributed by atoms with Crippen molar-refractivity contribution in [3.8, 4) is 6.07 Å². The summed E-state index contributed by atoms with van der Waals surface area (Å²) in [4.78, 5) is 42.8. The number of rotatable bonds is 9. The number of nitrogens with zero attached hydrogens (tertiary/aromatic N) is 4. The Balaban J connectivity index is 1.39. The third kappa shape index (κ3) is 7.22. The van der Waals surface area contributed by atoms with Crippen LogP contribution in [0.3, 0.4) is 0 Å². The molecule has 0 saturated carbocycles. The number of hydrogen-bond donors (Lipinski definition) is 2. The summed E-state index contributed by atoms with van der Waals surface area (Å²) in [6.07, 6.45) is -1.91. The molecule has 5 atom stereocenters. The molecule has 47 heavy (non-hydrogen) atoms. The van der Waals surface area contributed by atoms with Crippen molar-refractivity contribution in [1.29, 1.82) is 5.26 Å². The van der Waals surface area contributed by atoms with E-state index in [1.54, 1.807) is 60.6 Å². The fourth-order valence-electron chi connectivity index (χ4n) is 5.69. The average Bonchev–Trinajstić information content (AvgIpc) is 3.65. The Morgan fingerprint density at radius 2 is 1.81 bits per heavy atom. The van der Waals surface area contributed by atoms with Gasteiger partial charge in [0.25, 0.3) is 0 Å². The summed E-state index contributed by atoms with van der Waals surface area (Å²) in [5.74, 6) is -2.17. The summed E-state index contributed by atoms with van der Waals surface area (Å²) in [5, 5.41) is 20.4. The minimum Gasteiger partial charge on any atom is -0.463 e. The lowest BCUT2D eigenvalue weighted by atomic mass is 9.92. The molecule has 14 heteroatoms. The molecule has 4 heterocycles. The molecule has 2 aliphatic heterocycles. The summed E-state index contributed by atoms with van der Waals surface area (Å²) in [7, 11) is 0. The molecule has 2 amide bonds. The van der Waals surface area contributed by atoms with Gasteiger partial charge in [-0.25, -0.2) is 14.3 Å². The van der Waals surface area contributed by atoms with Crippen LogP contribution in [0.2, 0.25) is 0 Å². The Kier molecular flexibility index (Phi) is 9.27. The molecule has 0 radical (unpaired) electrons. The number of nitrogens with one attached hydrogen (secondary N) is 2.